The SMILES string of the molecule is CC(C)c1ccc(Sc2cc([N+](=O)[O-])cc(NN)n2)cc1. The van der Waals surface area contributed by atoms with Crippen LogP contribution >= 0.6 is 11.8 Å². The van der Waals surface area contributed by atoms with E-state index in [-0.39, 0.29) is 11.5 Å². The van der Waals surface area contributed by atoms with E-state index in [4.69, 9.17) is 5.84 Å². The van der Waals surface area contributed by atoms with Crippen molar-refractivity contribution >= 4 is 23.3 Å². The number of nitrogens with one attached hydrogen (secondary N) is 1. The molecule has 21 heavy (non-hydrogen) atoms. The van der Waals surface area contributed by atoms with Gasteiger partial charge in [0, 0.05) is 11.0 Å². The van der Waals surface area contributed by atoms with Crippen molar-refractivity contribution in [3.8, 4) is 0 Å². The minimum atomic E-state index is -0.464. The maximum absolute atomic E-state index is 10.9. The Balaban J connectivity index is 2.26. The van der Waals surface area contributed by atoms with Gasteiger partial charge in [0.05, 0.1) is 11.0 Å². The molecular weight excluding hydrogens is 288 g/mol. The number of anilines is 1. The summed E-state index contributed by atoms with van der Waals surface area (Å²) in [7, 11) is 0. The monoisotopic (exact) mass is 304 g/mol. The van der Waals surface area contributed by atoms with Gasteiger partial charge in [0.15, 0.2) is 0 Å². The Morgan fingerprint density at radius 3 is 2.48 bits per heavy atom. The first-order valence-corrected chi connectivity index (χ1v) is 7.22. The molecule has 7 heteroatoms. The number of nitrogen functional groups attached to an aromatic ring is 1. The maximum atomic E-state index is 10.9. The molecule has 3 N–H and O–H groups in total. The molecule has 0 unspecified atom stereocenters. The van der Waals surface area contributed by atoms with Gasteiger partial charge in [-0.3, -0.25) is 10.1 Å². The highest BCUT2D eigenvalue weighted by molar-refractivity contribution is 7.99. The van der Waals surface area contributed by atoms with E-state index in [1.807, 2.05) is 24.3 Å². The van der Waals surface area contributed by atoms with Gasteiger partial charge < -0.3 is 5.43 Å². The van der Waals surface area contributed by atoms with Gasteiger partial charge in [0.25, 0.3) is 5.69 Å². The van der Waals surface area contributed by atoms with Crippen LogP contribution in [0.25, 0.3) is 0 Å². The van der Waals surface area contributed by atoms with E-state index >= 15 is 0 Å². The molecule has 2 rings (SSSR count). The second-order valence-electron chi connectivity index (χ2n) is 4.78. The zero-order valence-corrected chi connectivity index (χ0v) is 12.6. The fourth-order valence-electron chi connectivity index (χ4n) is 1.76. The molecule has 0 fully saturated rings. The second kappa shape index (κ2) is 6.55. The van der Waals surface area contributed by atoms with Crippen molar-refractivity contribution in [2.24, 2.45) is 5.84 Å². The minimum Gasteiger partial charge on any atom is -0.308 e. The third kappa shape index (κ3) is 3.93. The Labute approximate surface area is 126 Å². The standard InChI is InChI=1S/C14H16N4O2S/c1-9(2)10-3-5-12(6-4-10)21-14-8-11(18(19)20)7-13(16-14)17-15/h3-9H,15H2,1-2H3,(H,16,17). The first-order chi connectivity index (χ1) is 9.99. The van der Waals surface area contributed by atoms with Gasteiger partial charge in [0.2, 0.25) is 0 Å². The summed E-state index contributed by atoms with van der Waals surface area (Å²) in [5.74, 6) is 6.02. The van der Waals surface area contributed by atoms with Crippen LogP contribution in [0.2, 0.25) is 0 Å². The molecule has 1 aromatic carbocycles. The first-order valence-electron chi connectivity index (χ1n) is 6.40. The highest BCUT2D eigenvalue weighted by atomic mass is 32.2. The predicted octanol–water partition coefficient (Wildman–Crippen LogP) is 3.55. The number of nitrogens with zero attached hydrogens (tertiary/aromatic N) is 2. The summed E-state index contributed by atoms with van der Waals surface area (Å²) in [5.41, 5.74) is 3.55. The molecule has 1 heterocycles. The van der Waals surface area contributed by atoms with E-state index in [0.717, 1.165) is 4.90 Å². The zero-order chi connectivity index (χ0) is 15.4. The molecule has 2 aromatic rings. The van der Waals surface area contributed by atoms with Gasteiger partial charge in [-0.15, -0.1) is 0 Å². The molecule has 0 saturated carbocycles. The Hall–Kier alpha value is -2.12. The van der Waals surface area contributed by atoms with Crippen molar-refractivity contribution in [1.29, 1.82) is 0 Å². The molecule has 0 amide bonds. The van der Waals surface area contributed by atoms with Gasteiger partial charge >= 0.3 is 0 Å². The van der Waals surface area contributed by atoms with Gasteiger partial charge in [0.1, 0.15) is 10.8 Å². The smallest absolute Gasteiger partial charge is 0.275 e. The molecule has 0 bridgehead atoms. The number of hydrogen-bond donors (Lipinski definition) is 2. The van der Waals surface area contributed by atoms with E-state index < -0.39 is 4.92 Å². The Kier molecular flexibility index (Phi) is 4.77. The molecule has 0 aliphatic carbocycles. The number of nitrogens with two attached hydrogens (primary N) is 1. The molecule has 0 aliphatic rings. The van der Waals surface area contributed by atoms with Crippen LogP contribution in [-0.4, -0.2) is 9.91 Å². The van der Waals surface area contributed by atoms with E-state index in [2.05, 4.69) is 24.3 Å². The fourth-order valence-corrected chi connectivity index (χ4v) is 2.60. The van der Waals surface area contributed by atoms with E-state index in [1.54, 1.807) is 0 Å². The van der Waals surface area contributed by atoms with Crippen LogP contribution in [0.5, 0.6) is 0 Å². The lowest BCUT2D eigenvalue weighted by atomic mass is 10.0. The minimum absolute atomic E-state index is 0.0424. The lowest BCUT2D eigenvalue weighted by Crippen LogP contribution is -2.09. The first kappa shape index (κ1) is 15.3. The van der Waals surface area contributed by atoms with Crippen molar-refractivity contribution in [2.45, 2.75) is 29.7 Å². The topological polar surface area (TPSA) is 94.1 Å². The number of nitro groups is 1. The normalized spacial score (nSPS) is 10.7. The predicted molar refractivity (Wildman–Crippen MR) is 83.4 cm³/mol. The average Bonchev–Trinajstić information content (AvgIpc) is 2.47. The molecular formula is C14H16N4O2S. The largest absolute Gasteiger partial charge is 0.308 e. The van der Waals surface area contributed by atoms with Crippen molar-refractivity contribution in [1.82, 2.24) is 4.98 Å². The summed E-state index contributed by atoms with van der Waals surface area (Å²) < 4.78 is 0. The van der Waals surface area contributed by atoms with Crippen LogP contribution < -0.4 is 11.3 Å². The zero-order valence-electron chi connectivity index (χ0n) is 11.7. The van der Waals surface area contributed by atoms with Crippen LogP contribution in [0.15, 0.2) is 46.3 Å². The average molecular weight is 304 g/mol. The second-order valence-corrected chi connectivity index (χ2v) is 5.87. The van der Waals surface area contributed by atoms with Crippen molar-refractivity contribution in [2.75, 3.05) is 5.43 Å². The fraction of sp³-hybridized carbons (Fsp3) is 0.214. The number of hydrogen-bond acceptors (Lipinski definition) is 6. The highest BCUT2D eigenvalue weighted by Crippen LogP contribution is 2.31. The molecule has 1 aromatic heterocycles. The Bertz CT molecular complexity index is 644. The summed E-state index contributed by atoms with van der Waals surface area (Å²) in [4.78, 5) is 15.6. The van der Waals surface area contributed by atoms with Gasteiger partial charge in [-0.2, -0.15) is 0 Å². The summed E-state index contributed by atoms with van der Waals surface area (Å²) in [5, 5.41) is 11.4. The van der Waals surface area contributed by atoms with Crippen molar-refractivity contribution in [3.05, 3.63) is 52.1 Å². The Morgan fingerprint density at radius 2 is 1.95 bits per heavy atom. The molecule has 0 radical (unpaired) electrons. The van der Waals surface area contributed by atoms with E-state index in [0.29, 0.717) is 10.9 Å². The molecule has 0 aliphatic heterocycles. The third-order valence-electron chi connectivity index (χ3n) is 2.91. The third-order valence-corrected chi connectivity index (χ3v) is 3.84. The van der Waals surface area contributed by atoms with E-state index in [1.165, 1.54) is 29.5 Å². The van der Waals surface area contributed by atoms with Crippen LogP contribution in [0, 0.1) is 10.1 Å². The van der Waals surface area contributed by atoms with Gasteiger partial charge in [-0.25, -0.2) is 10.8 Å². The number of aromatic nitrogens is 1. The van der Waals surface area contributed by atoms with Crippen LogP contribution in [0.1, 0.15) is 25.3 Å². The molecule has 0 spiro atoms. The maximum Gasteiger partial charge on any atom is 0.275 e. The number of hydrazine groups is 1. The summed E-state index contributed by atoms with van der Waals surface area (Å²) in [6, 6.07) is 10.8. The molecule has 0 atom stereocenters. The molecule has 110 valence electrons. The molecule has 0 saturated heterocycles. The number of rotatable bonds is 5. The highest BCUT2D eigenvalue weighted by Gasteiger charge is 2.12. The number of benzene rings is 1. The molecule has 6 nitrogen and oxygen atoms in total. The lowest BCUT2D eigenvalue weighted by Gasteiger charge is -2.07. The van der Waals surface area contributed by atoms with Crippen LogP contribution in [-0.2, 0) is 0 Å². The lowest BCUT2D eigenvalue weighted by molar-refractivity contribution is -0.385. The van der Waals surface area contributed by atoms with Crippen molar-refractivity contribution in [3.63, 3.8) is 0 Å². The van der Waals surface area contributed by atoms with Crippen LogP contribution in [0.4, 0.5) is 11.5 Å². The summed E-state index contributed by atoms with van der Waals surface area (Å²) >= 11 is 1.36. The quantitative estimate of drug-likeness (QED) is 0.498. The summed E-state index contributed by atoms with van der Waals surface area (Å²) in [6.07, 6.45) is 0. The van der Waals surface area contributed by atoms with Crippen molar-refractivity contribution < 1.29 is 4.92 Å². The van der Waals surface area contributed by atoms with Gasteiger partial charge in [-0.1, -0.05) is 37.7 Å². The van der Waals surface area contributed by atoms with E-state index in [9.17, 15) is 10.1 Å². The number of pyridine rings is 1. The Morgan fingerprint density at radius 1 is 1.29 bits per heavy atom. The van der Waals surface area contributed by atoms with Gasteiger partial charge in [-0.05, 0) is 23.6 Å². The summed E-state index contributed by atoms with van der Waals surface area (Å²) in [6.45, 7) is 4.26. The van der Waals surface area contributed by atoms with Crippen LogP contribution in [0.3, 0.4) is 0 Å².